The van der Waals surface area contributed by atoms with Crippen LogP contribution in [0.3, 0.4) is 0 Å². The number of hydrogen-bond donors (Lipinski definition) is 0. The highest BCUT2D eigenvalue weighted by Gasteiger charge is 2.19. The van der Waals surface area contributed by atoms with E-state index in [0.29, 0.717) is 19.3 Å². The molecule has 0 aromatic rings. The number of hydrogen-bond acceptors (Lipinski definition) is 6. The van der Waals surface area contributed by atoms with Gasteiger partial charge in [-0.15, -0.1) is 0 Å². The summed E-state index contributed by atoms with van der Waals surface area (Å²) in [6.45, 7) is 6.55. The largest absolute Gasteiger partial charge is 0.462 e. The van der Waals surface area contributed by atoms with E-state index in [0.717, 1.165) is 77.0 Å². The standard InChI is InChI=1S/C52H96O6/c1-4-7-10-13-16-19-22-25-27-30-33-36-39-42-45-51(54)57-48-49(47-56-50(53)44-41-38-35-32-29-24-21-18-15-12-9-6-3)58-52(55)46-43-40-37-34-31-28-26-23-20-17-14-11-8-5-2/h7,10,16,19,49H,4-6,8-9,11-15,17-18,20-48H2,1-3H3/b10-7-,19-16-. The lowest BCUT2D eigenvalue weighted by molar-refractivity contribution is -0.167. The summed E-state index contributed by atoms with van der Waals surface area (Å²) in [5.74, 6) is -0.865. The molecule has 340 valence electrons. The van der Waals surface area contributed by atoms with Crippen LogP contribution < -0.4 is 0 Å². The van der Waals surface area contributed by atoms with Crippen LogP contribution in [0, 0.1) is 0 Å². The molecule has 0 amide bonds. The number of allylic oxidation sites excluding steroid dienone is 4. The average molecular weight is 817 g/mol. The average Bonchev–Trinajstić information content (AvgIpc) is 3.22. The van der Waals surface area contributed by atoms with Crippen LogP contribution in [-0.4, -0.2) is 37.2 Å². The molecule has 1 unspecified atom stereocenters. The molecule has 0 heterocycles. The van der Waals surface area contributed by atoms with Crippen molar-refractivity contribution < 1.29 is 28.6 Å². The van der Waals surface area contributed by atoms with Gasteiger partial charge in [0.2, 0.25) is 0 Å². The minimum absolute atomic E-state index is 0.0689. The molecule has 0 bridgehead atoms. The van der Waals surface area contributed by atoms with Crippen LogP contribution in [0.25, 0.3) is 0 Å². The first-order chi connectivity index (χ1) is 28.5. The number of unbranched alkanes of at least 4 members (excludes halogenated alkanes) is 31. The molecule has 6 nitrogen and oxygen atoms in total. The van der Waals surface area contributed by atoms with E-state index in [1.54, 1.807) is 0 Å². The molecule has 1 atom stereocenters. The van der Waals surface area contributed by atoms with Gasteiger partial charge in [0.05, 0.1) is 0 Å². The Morgan fingerprint density at radius 3 is 1.03 bits per heavy atom. The first-order valence-corrected chi connectivity index (χ1v) is 25.3. The van der Waals surface area contributed by atoms with E-state index in [1.807, 2.05) is 0 Å². The van der Waals surface area contributed by atoms with Crippen LogP contribution in [0.15, 0.2) is 24.3 Å². The van der Waals surface area contributed by atoms with E-state index in [4.69, 9.17) is 14.2 Å². The van der Waals surface area contributed by atoms with Crippen molar-refractivity contribution in [2.45, 2.75) is 277 Å². The summed E-state index contributed by atoms with van der Waals surface area (Å²) in [6, 6.07) is 0. The highest BCUT2D eigenvalue weighted by Crippen LogP contribution is 2.16. The summed E-state index contributed by atoms with van der Waals surface area (Å²) in [7, 11) is 0. The number of carbonyl (C=O) groups excluding carboxylic acids is 3. The van der Waals surface area contributed by atoms with E-state index >= 15 is 0 Å². The fourth-order valence-electron chi connectivity index (χ4n) is 7.42. The molecular formula is C52H96O6. The Morgan fingerprint density at radius 2 is 0.672 bits per heavy atom. The molecule has 0 radical (unpaired) electrons. The van der Waals surface area contributed by atoms with Crippen LogP contribution in [0.1, 0.15) is 271 Å². The van der Waals surface area contributed by atoms with E-state index in [2.05, 4.69) is 45.1 Å². The van der Waals surface area contributed by atoms with Gasteiger partial charge in [0, 0.05) is 19.3 Å². The molecule has 0 aromatic heterocycles. The van der Waals surface area contributed by atoms with Gasteiger partial charge in [-0.05, 0) is 44.9 Å². The van der Waals surface area contributed by atoms with Gasteiger partial charge in [0.1, 0.15) is 13.2 Å². The third-order valence-electron chi connectivity index (χ3n) is 11.2. The van der Waals surface area contributed by atoms with Gasteiger partial charge >= 0.3 is 17.9 Å². The Kier molecular flexibility index (Phi) is 45.8. The summed E-state index contributed by atoms with van der Waals surface area (Å²) in [5.41, 5.74) is 0. The molecule has 58 heavy (non-hydrogen) atoms. The Morgan fingerprint density at radius 1 is 0.362 bits per heavy atom. The van der Waals surface area contributed by atoms with Gasteiger partial charge in [0.25, 0.3) is 0 Å². The summed E-state index contributed by atoms with van der Waals surface area (Å²) >= 11 is 0. The van der Waals surface area contributed by atoms with Crippen molar-refractivity contribution in [1.82, 2.24) is 0 Å². The van der Waals surface area contributed by atoms with E-state index in [-0.39, 0.29) is 31.1 Å². The number of rotatable bonds is 46. The van der Waals surface area contributed by atoms with Gasteiger partial charge in [-0.1, -0.05) is 231 Å². The van der Waals surface area contributed by atoms with Crippen LogP contribution in [0.4, 0.5) is 0 Å². The molecular weight excluding hydrogens is 721 g/mol. The second-order valence-electron chi connectivity index (χ2n) is 17.1. The van der Waals surface area contributed by atoms with Gasteiger partial charge in [-0.2, -0.15) is 0 Å². The van der Waals surface area contributed by atoms with Crippen LogP contribution >= 0.6 is 0 Å². The first-order valence-electron chi connectivity index (χ1n) is 25.3. The molecule has 0 fully saturated rings. The number of esters is 3. The minimum Gasteiger partial charge on any atom is -0.462 e. The maximum absolute atomic E-state index is 12.8. The van der Waals surface area contributed by atoms with Crippen molar-refractivity contribution >= 4 is 17.9 Å². The van der Waals surface area contributed by atoms with E-state index in [9.17, 15) is 14.4 Å². The van der Waals surface area contributed by atoms with Gasteiger partial charge in [-0.25, -0.2) is 0 Å². The van der Waals surface area contributed by atoms with Crippen molar-refractivity contribution in [3.63, 3.8) is 0 Å². The van der Waals surface area contributed by atoms with Gasteiger partial charge in [-0.3, -0.25) is 14.4 Å². The smallest absolute Gasteiger partial charge is 0.306 e. The summed E-state index contributed by atoms with van der Waals surface area (Å²) in [4.78, 5) is 37.9. The molecule has 0 aromatic carbocycles. The Labute approximate surface area is 360 Å². The second-order valence-corrected chi connectivity index (χ2v) is 17.1. The Hall–Kier alpha value is -2.11. The minimum atomic E-state index is -0.767. The molecule has 0 aliphatic rings. The summed E-state index contributed by atoms with van der Waals surface area (Å²) < 4.78 is 16.8. The molecule has 0 saturated heterocycles. The monoisotopic (exact) mass is 817 g/mol. The Bertz CT molecular complexity index is 942. The van der Waals surface area contributed by atoms with Crippen molar-refractivity contribution in [1.29, 1.82) is 0 Å². The fourth-order valence-corrected chi connectivity index (χ4v) is 7.42. The maximum Gasteiger partial charge on any atom is 0.306 e. The van der Waals surface area contributed by atoms with Crippen LogP contribution in [-0.2, 0) is 28.6 Å². The van der Waals surface area contributed by atoms with Crippen molar-refractivity contribution in [3.8, 4) is 0 Å². The zero-order valence-electron chi connectivity index (χ0n) is 38.8. The third kappa shape index (κ3) is 45.0. The molecule has 6 heteroatoms. The zero-order chi connectivity index (χ0) is 42.3. The maximum atomic E-state index is 12.8. The summed E-state index contributed by atoms with van der Waals surface area (Å²) in [6.07, 6.45) is 53.0. The van der Waals surface area contributed by atoms with E-state index in [1.165, 1.54) is 154 Å². The van der Waals surface area contributed by atoms with Gasteiger partial charge in [0.15, 0.2) is 6.10 Å². The highest BCUT2D eigenvalue weighted by atomic mass is 16.6. The normalized spacial score (nSPS) is 12.1. The van der Waals surface area contributed by atoms with Crippen molar-refractivity contribution in [2.24, 2.45) is 0 Å². The number of ether oxygens (including phenoxy) is 3. The highest BCUT2D eigenvalue weighted by molar-refractivity contribution is 5.71. The lowest BCUT2D eigenvalue weighted by Crippen LogP contribution is -2.30. The van der Waals surface area contributed by atoms with Crippen LogP contribution in [0.5, 0.6) is 0 Å². The van der Waals surface area contributed by atoms with E-state index < -0.39 is 6.10 Å². The summed E-state index contributed by atoms with van der Waals surface area (Å²) in [5, 5.41) is 0. The number of carbonyl (C=O) groups is 3. The quantitative estimate of drug-likeness (QED) is 0.0263. The molecule has 0 rings (SSSR count). The van der Waals surface area contributed by atoms with Crippen LogP contribution in [0.2, 0.25) is 0 Å². The van der Waals surface area contributed by atoms with Crippen molar-refractivity contribution in [2.75, 3.05) is 13.2 Å². The first kappa shape index (κ1) is 55.9. The molecule has 0 spiro atoms. The second kappa shape index (κ2) is 47.6. The molecule has 0 N–H and O–H groups in total. The van der Waals surface area contributed by atoms with Gasteiger partial charge < -0.3 is 14.2 Å². The predicted octanol–water partition coefficient (Wildman–Crippen LogP) is 16.4. The fraction of sp³-hybridized carbons (Fsp3) is 0.865. The SMILES string of the molecule is CC/C=C\C/C=C\CCCCCCCCCC(=O)OCC(COC(=O)CCCCCCCCCCCCCC)OC(=O)CCCCCCCCCCCCCCCC. The predicted molar refractivity (Wildman–Crippen MR) is 247 cm³/mol. The lowest BCUT2D eigenvalue weighted by Gasteiger charge is -2.18. The van der Waals surface area contributed by atoms with Crippen molar-refractivity contribution in [3.05, 3.63) is 24.3 Å². The Balaban J connectivity index is 4.34. The third-order valence-corrected chi connectivity index (χ3v) is 11.2. The molecule has 0 aliphatic carbocycles. The molecule has 0 aliphatic heterocycles. The molecule has 0 saturated carbocycles. The zero-order valence-corrected chi connectivity index (χ0v) is 38.8. The lowest BCUT2D eigenvalue weighted by atomic mass is 10.0. The topological polar surface area (TPSA) is 78.9 Å².